The monoisotopic (exact) mass is 279 g/mol. The molecule has 2 rings (SSSR count). The molecule has 2 aromatic rings. The highest BCUT2D eigenvalue weighted by molar-refractivity contribution is 7.09. The van der Waals surface area contributed by atoms with Crippen LogP contribution in [0.5, 0.6) is 0 Å². The van der Waals surface area contributed by atoms with E-state index < -0.39 is 0 Å². The standard InChI is InChI=1S/C13H21N5S/c1-9(2)18-5-4-11(17-18)6-12(16-14)7-13-15-10(3)8-19-13/h4-5,8-9,12,16H,6-7,14H2,1-3H3. The zero-order chi connectivity index (χ0) is 13.8. The van der Waals surface area contributed by atoms with E-state index in [9.17, 15) is 0 Å². The highest BCUT2D eigenvalue weighted by Crippen LogP contribution is 2.13. The molecule has 1 unspecified atom stereocenters. The number of nitrogens with two attached hydrogens (primary N) is 1. The van der Waals surface area contributed by atoms with Gasteiger partial charge in [-0.2, -0.15) is 5.10 Å². The fraction of sp³-hybridized carbons (Fsp3) is 0.538. The van der Waals surface area contributed by atoms with Crippen LogP contribution in [0.15, 0.2) is 17.6 Å². The average Bonchev–Trinajstić information content (AvgIpc) is 2.98. The van der Waals surface area contributed by atoms with E-state index in [0.29, 0.717) is 6.04 Å². The lowest BCUT2D eigenvalue weighted by Crippen LogP contribution is -2.38. The molecule has 0 radical (unpaired) electrons. The maximum absolute atomic E-state index is 5.63. The van der Waals surface area contributed by atoms with Crippen molar-refractivity contribution in [2.24, 2.45) is 5.84 Å². The van der Waals surface area contributed by atoms with Crippen molar-refractivity contribution in [3.8, 4) is 0 Å². The first-order valence-corrected chi connectivity index (χ1v) is 7.37. The molecule has 5 nitrogen and oxygen atoms in total. The van der Waals surface area contributed by atoms with Gasteiger partial charge in [0.15, 0.2) is 0 Å². The molecule has 0 bridgehead atoms. The van der Waals surface area contributed by atoms with Gasteiger partial charge in [0, 0.05) is 42.2 Å². The number of thiazole rings is 1. The molecule has 0 amide bonds. The topological polar surface area (TPSA) is 68.8 Å². The Kier molecular flexibility index (Phi) is 4.68. The van der Waals surface area contributed by atoms with Gasteiger partial charge >= 0.3 is 0 Å². The smallest absolute Gasteiger partial charge is 0.0944 e. The molecule has 0 saturated carbocycles. The summed E-state index contributed by atoms with van der Waals surface area (Å²) in [4.78, 5) is 4.47. The molecule has 0 aromatic carbocycles. The molecule has 19 heavy (non-hydrogen) atoms. The van der Waals surface area contributed by atoms with Crippen molar-refractivity contribution < 1.29 is 0 Å². The number of rotatable bonds is 6. The minimum absolute atomic E-state index is 0.168. The van der Waals surface area contributed by atoms with Gasteiger partial charge < -0.3 is 0 Å². The molecule has 0 aliphatic rings. The van der Waals surface area contributed by atoms with Gasteiger partial charge in [0.25, 0.3) is 0 Å². The number of aromatic nitrogens is 3. The third kappa shape index (κ3) is 3.86. The molecule has 0 spiro atoms. The van der Waals surface area contributed by atoms with E-state index in [2.05, 4.69) is 40.8 Å². The number of nitrogens with zero attached hydrogens (tertiary/aromatic N) is 3. The maximum Gasteiger partial charge on any atom is 0.0944 e. The van der Waals surface area contributed by atoms with Crippen molar-refractivity contribution in [2.45, 2.75) is 45.7 Å². The summed E-state index contributed by atoms with van der Waals surface area (Å²) >= 11 is 1.68. The third-order valence-corrected chi connectivity index (χ3v) is 3.96. The SMILES string of the molecule is Cc1csc(CC(Cc2ccn(C(C)C)n2)NN)n1. The predicted molar refractivity (Wildman–Crippen MR) is 78.0 cm³/mol. The summed E-state index contributed by atoms with van der Waals surface area (Å²) < 4.78 is 1.97. The molecule has 1 atom stereocenters. The average molecular weight is 279 g/mol. The fourth-order valence-corrected chi connectivity index (χ4v) is 2.78. The lowest BCUT2D eigenvalue weighted by atomic mass is 10.1. The molecule has 2 aromatic heterocycles. The van der Waals surface area contributed by atoms with Gasteiger partial charge in [-0.3, -0.25) is 16.0 Å². The van der Waals surface area contributed by atoms with Gasteiger partial charge in [-0.05, 0) is 26.8 Å². The second kappa shape index (κ2) is 6.27. The molecule has 6 heteroatoms. The Bertz CT molecular complexity index is 517. The van der Waals surface area contributed by atoms with E-state index in [1.807, 2.05) is 17.8 Å². The second-order valence-electron chi connectivity index (χ2n) is 5.04. The first kappa shape index (κ1) is 14.2. The zero-order valence-corrected chi connectivity index (χ0v) is 12.4. The third-order valence-electron chi connectivity index (χ3n) is 2.97. The largest absolute Gasteiger partial charge is 0.271 e. The lowest BCUT2D eigenvalue weighted by molar-refractivity contribution is 0.494. The Morgan fingerprint density at radius 2 is 2.21 bits per heavy atom. The Morgan fingerprint density at radius 3 is 2.74 bits per heavy atom. The van der Waals surface area contributed by atoms with Crippen molar-refractivity contribution in [2.75, 3.05) is 0 Å². The molecule has 3 N–H and O–H groups in total. The van der Waals surface area contributed by atoms with Crippen LogP contribution < -0.4 is 11.3 Å². The molecule has 104 valence electrons. The Morgan fingerprint density at radius 1 is 1.42 bits per heavy atom. The van der Waals surface area contributed by atoms with E-state index in [4.69, 9.17) is 5.84 Å². The predicted octanol–water partition coefficient (Wildman–Crippen LogP) is 1.85. The van der Waals surface area contributed by atoms with Crippen LogP contribution in [-0.4, -0.2) is 20.8 Å². The van der Waals surface area contributed by atoms with Crippen LogP contribution in [0.1, 0.15) is 36.3 Å². The molecule has 0 saturated heterocycles. The number of hydrogen-bond donors (Lipinski definition) is 2. The van der Waals surface area contributed by atoms with Gasteiger partial charge in [0.2, 0.25) is 0 Å². The number of hydrazine groups is 1. The summed E-state index contributed by atoms with van der Waals surface area (Å²) in [6.07, 6.45) is 3.67. The fourth-order valence-electron chi connectivity index (χ4n) is 1.92. The van der Waals surface area contributed by atoms with Crippen molar-refractivity contribution >= 4 is 11.3 Å². The minimum Gasteiger partial charge on any atom is -0.271 e. The Labute approximate surface area is 117 Å². The van der Waals surface area contributed by atoms with Crippen molar-refractivity contribution in [3.63, 3.8) is 0 Å². The van der Waals surface area contributed by atoms with Gasteiger partial charge in [-0.25, -0.2) is 4.98 Å². The first-order chi connectivity index (χ1) is 9.08. The molecule has 0 fully saturated rings. The van der Waals surface area contributed by atoms with E-state index in [1.165, 1.54) is 0 Å². The van der Waals surface area contributed by atoms with Crippen LogP contribution in [-0.2, 0) is 12.8 Å². The van der Waals surface area contributed by atoms with Crippen LogP contribution in [0, 0.1) is 6.92 Å². The molecule has 2 heterocycles. The number of hydrogen-bond acceptors (Lipinski definition) is 5. The van der Waals surface area contributed by atoms with Crippen LogP contribution in [0.3, 0.4) is 0 Å². The van der Waals surface area contributed by atoms with Crippen LogP contribution >= 0.6 is 11.3 Å². The van der Waals surface area contributed by atoms with Crippen LogP contribution in [0.4, 0.5) is 0 Å². The summed E-state index contributed by atoms with van der Waals surface area (Å²) in [6.45, 7) is 6.25. The van der Waals surface area contributed by atoms with Crippen molar-refractivity contribution in [1.29, 1.82) is 0 Å². The molecule has 0 aliphatic carbocycles. The summed E-state index contributed by atoms with van der Waals surface area (Å²) in [5.74, 6) is 5.63. The zero-order valence-electron chi connectivity index (χ0n) is 11.6. The first-order valence-electron chi connectivity index (χ1n) is 6.49. The maximum atomic E-state index is 5.63. The summed E-state index contributed by atoms with van der Waals surface area (Å²) in [5.41, 5.74) is 4.99. The van der Waals surface area contributed by atoms with Gasteiger partial charge in [-0.15, -0.1) is 11.3 Å². The van der Waals surface area contributed by atoms with Crippen molar-refractivity contribution in [1.82, 2.24) is 20.2 Å². The quantitative estimate of drug-likeness (QED) is 0.625. The van der Waals surface area contributed by atoms with E-state index in [-0.39, 0.29) is 6.04 Å². The summed E-state index contributed by atoms with van der Waals surface area (Å²) in [6, 6.07) is 2.61. The van der Waals surface area contributed by atoms with Crippen LogP contribution in [0.25, 0.3) is 0 Å². The van der Waals surface area contributed by atoms with E-state index in [1.54, 1.807) is 11.3 Å². The van der Waals surface area contributed by atoms with Gasteiger partial charge in [0.05, 0.1) is 10.7 Å². The highest BCUT2D eigenvalue weighted by Gasteiger charge is 2.13. The molecular weight excluding hydrogens is 258 g/mol. The summed E-state index contributed by atoms with van der Waals surface area (Å²) in [5, 5.41) is 7.73. The molecular formula is C13H21N5S. The normalized spacial score (nSPS) is 13.1. The Balaban J connectivity index is 1.98. The Hall–Kier alpha value is -1.24. The second-order valence-corrected chi connectivity index (χ2v) is 5.98. The lowest BCUT2D eigenvalue weighted by Gasteiger charge is -2.13. The number of aryl methyl sites for hydroxylation is 1. The molecule has 0 aliphatic heterocycles. The number of nitrogens with one attached hydrogen (secondary N) is 1. The van der Waals surface area contributed by atoms with Gasteiger partial charge in [0.1, 0.15) is 0 Å². The van der Waals surface area contributed by atoms with Crippen LogP contribution in [0.2, 0.25) is 0 Å². The van der Waals surface area contributed by atoms with Gasteiger partial charge in [-0.1, -0.05) is 0 Å². The summed E-state index contributed by atoms with van der Waals surface area (Å²) in [7, 11) is 0. The minimum atomic E-state index is 0.168. The van der Waals surface area contributed by atoms with E-state index in [0.717, 1.165) is 29.2 Å². The van der Waals surface area contributed by atoms with Crippen molar-refractivity contribution in [3.05, 3.63) is 34.0 Å². The van der Waals surface area contributed by atoms with E-state index >= 15 is 0 Å². The highest BCUT2D eigenvalue weighted by atomic mass is 32.1.